The van der Waals surface area contributed by atoms with Crippen LogP contribution in [0.4, 0.5) is 0 Å². The Morgan fingerprint density at radius 1 is 1.47 bits per heavy atom. The predicted octanol–water partition coefficient (Wildman–Crippen LogP) is 0.0987. The Labute approximate surface area is 90.4 Å². The van der Waals surface area contributed by atoms with Crippen molar-refractivity contribution >= 4 is 5.91 Å². The summed E-state index contributed by atoms with van der Waals surface area (Å²) < 4.78 is 0. The zero-order valence-corrected chi connectivity index (χ0v) is 9.11. The van der Waals surface area contributed by atoms with Crippen LogP contribution in [0.5, 0.6) is 0 Å². The third-order valence-electron chi connectivity index (χ3n) is 3.80. The van der Waals surface area contributed by atoms with Crippen molar-refractivity contribution in [3.05, 3.63) is 0 Å². The number of carbonyl (C=O) groups excluding carboxylic acids is 1. The minimum Gasteiger partial charge on any atom is -0.394 e. The van der Waals surface area contributed by atoms with E-state index >= 15 is 0 Å². The lowest BCUT2D eigenvalue weighted by Gasteiger charge is -2.37. The van der Waals surface area contributed by atoms with E-state index in [-0.39, 0.29) is 24.0 Å². The summed E-state index contributed by atoms with van der Waals surface area (Å²) in [6.07, 6.45) is 4.96. The fraction of sp³-hybridized carbons (Fsp3) is 0.909. The molecule has 0 aromatic heterocycles. The molecule has 15 heavy (non-hydrogen) atoms. The van der Waals surface area contributed by atoms with Gasteiger partial charge in [0, 0.05) is 13.1 Å². The highest BCUT2D eigenvalue weighted by Gasteiger charge is 2.51. The first-order valence-electron chi connectivity index (χ1n) is 5.85. The lowest BCUT2D eigenvalue weighted by Crippen LogP contribution is -2.50. The van der Waals surface area contributed by atoms with Crippen LogP contribution < -0.4 is 5.73 Å². The Balaban J connectivity index is 2.04. The summed E-state index contributed by atoms with van der Waals surface area (Å²) in [4.78, 5) is 14.1. The standard InChI is InChI=1S/C11H20N2O2/c12-8-11(4-5-11)10(15)13-6-2-1-3-9(13)7-14/h9,14H,1-8,12H2. The molecule has 1 unspecified atom stereocenters. The number of aliphatic hydroxyl groups is 1. The Kier molecular flexibility index (Phi) is 2.98. The van der Waals surface area contributed by atoms with Crippen molar-refractivity contribution in [3.8, 4) is 0 Å². The van der Waals surface area contributed by atoms with Crippen LogP contribution in [0.15, 0.2) is 0 Å². The fourth-order valence-corrected chi connectivity index (χ4v) is 2.42. The molecule has 86 valence electrons. The number of piperidine rings is 1. The maximum absolute atomic E-state index is 12.2. The van der Waals surface area contributed by atoms with Crippen molar-refractivity contribution in [1.82, 2.24) is 4.90 Å². The molecule has 1 aliphatic heterocycles. The molecule has 0 aromatic rings. The summed E-state index contributed by atoms with van der Waals surface area (Å²) in [6.45, 7) is 1.35. The molecule has 3 N–H and O–H groups in total. The van der Waals surface area contributed by atoms with Crippen LogP contribution in [-0.2, 0) is 4.79 Å². The highest BCUT2D eigenvalue weighted by Crippen LogP contribution is 2.46. The zero-order chi connectivity index (χ0) is 10.9. The van der Waals surface area contributed by atoms with Gasteiger partial charge in [0.05, 0.1) is 18.1 Å². The van der Waals surface area contributed by atoms with Crippen molar-refractivity contribution in [3.63, 3.8) is 0 Å². The molecule has 4 nitrogen and oxygen atoms in total. The number of hydrogen-bond acceptors (Lipinski definition) is 3. The number of amides is 1. The molecule has 0 spiro atoms. The molecule has 1 heterocycles. The lowest BCUT2D eigenvalue weighted by atomic mass is 9.98. The number of hydrogen-bond donors (Lipinski definition) is 2. The van der Waals surface area contributed by atoms with Crippen molar-refractivity contribution in [2.45, 2.75) is 38.1 Å². The van der Waals surface area contributed by atoms with E-state index in [1.165, 1.54) is 0 Å². The molecular formula is C11H20N2O2. The first-order valence-corrected chi connectivity index (χ1v) is 5.85. The van der Waals surface area contributed by atoms with Crippen LogP contribution in [0, 0.1) is 5.41 Å². The van der Waals surface area contributed by atoms with Gasteiger partial charge in [0.15, 0.2) is 0 Å². The van der Waals surface area contributed by atoms with Gasteiger partial charge in [0.25, 0.3) is 0 Å². The van der Waals surface area contributed by atoms with Gasteiger partial charge in [0.2, 0.25) is 5.91 Å². The predicted molar refractivity (Wildman–Crippen MR) is 57.2 cm³/mol. The SMILES string of the molecule is NCC1(C(=O)N2CCCCC2CO)CC1. The number of aliphatic hydroxyl groups excluding tert-OH is 1. The number of nitrogens with zero attached hydrogens (tertiary/aromatic N) is 1. The number of rotatable bonds is 3. The normalized spacial score (nSPS) is 28.9. The van der Waals surface area contributed by atoms with E-state index in [4.69, 9.17) is 5.73 Å². The third kappa shape index (κ3) is 1.88. The van der Waals surface area contributed by atoms with Crippen LogP contribution in [0.1, 0.15) is 32.1 Å². The molecule has 1 amide bonds. The first-order chi connectivity index (χ1) is 7.23. The molecule has 2 aliphatic rings. The van der Waals surface area contributed by atoms with E-state index in [0.29, 0.717) is 6.54 Å². The van der Waals surface area contributed by atoms with Crippen LogP contribution in [0.3, 0.4) is 0 Å². The second-order valence-corrected chi connectivity index (χ2v) is 4.82. The van der Waals surface area contributed by atoms with Gasteiger partial charge in [-0.3, -0.25) is 4.79 Å². The van der Waals surface area contributed by atoms with E-state index < -0.39 is 0 Å². The summed E-state index contributed by atoms with van der Waals surface area (Å²) in [5.41, 5.74) is 5.39. The van der Waals surface area contributed by atoms with E-state index in [2.05, 4.69) is 0 Å². The minimum absolute atomic E-state index is 0.0373. The average molecular weight is 212 g/mol. The molecule has 1 aliphatic carbocycles. The second-order valence-electron chi connectivity index (χ2n) is 4.82. The second kappa shape index (κ2) is 4.10. The maximum atomic E-state index is 12.2. The Hall–Kier alpha value is -0.610. The molecule has 4 heteroatoms. The van der Waals surface area contributed by atoms with Gasteiger partial charge in [-0.25, -0.2) is 0 Å². The average Bonchev–Trinajstić information content (AvgIpc) is 3.09. The lowest BCUT2D eigenvalue weighted by molar-refractivity contribution is -0.141. The maximum Gasteiger partial charge on any atom is 0.230 e. The minimum atomic E-state index is -0.259. The quantitative estimate of drug-likeness (QED) is 0.697. The van der Waals surface area contributed by atoms with Gasteiger partial charge < -0.3 is 15.7 Å². The molecule has 2 fully saturated rings. The molecule has 2 rings (SSSR count). The third-order valence-corrected chi connectivity index (χ3v) is 3.80. The molecule has 0 bridgehead atoms. The van der Waals surface area contributed by atoms with Gasteiger partial charge in [-0.15, -0.1) is 0 Å². The van der Waals surface area contributed by atoms with Crippen LogP contribution in [0.2, 0.25) is 0 Å². The Bertz CT molecular complexity index is 251. The smallest absolute Gasteiger partial charge is 0.230 e. The highest BCUT2D eigenvalue weighted by molar-refractivity contribution is 5.86. The van der Waals surface area contributed by atoms with Crippen molar-refractivity contribution in [2.75, 3.05) is 19.7 Å². The molecule has 0 radical (unpaired) electrons. The molecular weight excluding hydrogens is 192 g/mol. The Morgan fingerprint density at radius 2 is 2.20 bits per heavy atom. The first kappa shape index (κ1) is 10.9. The summed E-state index contributed by atoms with van der Waals surface area (Å²) in [5.74, 6) is 0.184. The van der Waals surface area contributed by atoms with Gasteiger partial charge in [-0.05, 0) is 32.1 Å². The van der Waals surface area contributed by atoms with Gasteiger partial charge >= 0.3 is 0 Å². The van der Waals surface area contributed by atoms with E-state index in [1.807, 2.05) is 4.90 Å². The monoisotopic (exact) mass is 212 g/mol. The topological polar surface area (TPSA) is 66.6 Å². The Morgan fingerprint density at radius 3 is 2.73 bits per heavy atom. The number of nitrogens with two attached hydrogens (primary N) is 1. The fourth-order valence-electron chi connectivity index (χ4n) is 2.42. The van der Waals surface area contributed by atoms with E-state index in [1.54, 1.807) is 0 Å². The molecule has 1 saturated heterocycles. The summed E-state index contributed by atoms with van der Waals surface area (Å²) in [6, 6.07) is 0.0373. The van der Waals surface area contributed by atoms with Gasteiger partial charge in [-0.1, -0.05) is 0 Å². The number of likely N-dealkylation sites (tertiary alicyclic amines) is 1. The summed E-state index contributed by atoms with van der Waals surface area (Å²) in [7, 11) is 0. The van der Waals surface area contributed by atoms with E-state index in [0.717, 1.165) is 38.6 Å². The highest BCUT2D eigenvalue weighted by atomic mass is 16.3. The molecule has 1 atom stereocenters. The van der Waals surface area contributed by atoms with Crippen LogP contribution in [0.25, 0.3) is 0 Å². The van der Waals surface area contributed by atoms with Crippen molar-refractivity contribution in [2.24, 2.45) is 11.1 Å². The largest absolute Gasteiger partial charge is 0.394 e. The summed E-state index contributed by atoms with van der Waals surface area (Å²) >= 11 is 0. The van der Waals surface area contributed by atoms with Crippen LogP contribution >= 0.6 is 0 Å². The summed E-state index contributed by atoms with van der Waals surface area (Å²) in [5, 5.41) is 9.24. The van der Waals surface area contributed by atoms with Gasteiger partial charge in [-0.2, -0.15) is 0 Å². The van der Waals surface area contributed by atoms with E-state index in [9.17, 15) is 9.90 Å². The zero-order valence-electron chi connectivity index (χ0n) is 9.11. The molecule has 1 saturated carbocycles. The number of carbonyl (C=O) groups is 1. The molecule has 0 aromatic carbocycles. The van der Waals surface area contributed by atoms with Crippen molar-refractivity contribution < 1.29 is 9.90 Å². The van der Waals surface area contributed by atoms with Crippen LogP contribution in [-0.4, -0.2) is 41.7 Å². The van der Waals surface area contributed by atoms with Crippen molar-refractivity contribution in [1.29, 1.82) is 0 Å². The van der Waals surface area contributed by atoms with Gasteiger partial charge in [0.1, 0.15) is 0 Å².